The molecule has 1 aliphatic rings. The van der Waals surface area contributed by atoms with Crippen LogP contribution in [0.3, 0.4) is 0 Å². The first-order valence-corrected chi connectivity index (χ1v) is 23.3. The van der Waals surface area contributed by atoms with E-state index in [0.717, 1.165) is 25.3 Å². The van der Waals surface area contributed by atoms with Gasteiger partial charge >= 0.3 is 18.4 Å². The highest BCUT2D eigenvalue weighted by Gasteiger charge is 2.53. The van der Waals surface area contributed by atoms with Gasteiger partial charge in [0.25, 0.3) is 5.92 Å². The van der Waals surface area contributed by atoms with E-state index in [2.05, 4.69) is 32.3 Å². The van der Waals surface area contributed by atoms with Crippen LogP contribution in [0.15, 0.2) is 42.5 Å². The highest BCUT2D eigenvalue weighted by molar-refractivity contribution is 8.00. The van der Waals surface area contributed by atoms with Gasteiger partial charge in [0, 0.05) is 42.2 Å². The molecule has 0 saturated carbocycles. The molecule has 2 aromatic carbocycles. The van der Waals surface area contributed by atoms with Crippen LogP contribution in [0.2, 0.25) is 5.02 Å². The van der Waals surface area contributed by atoms with Crippen molar-refractivity contribution >= 4 is 63.4 Å². The molecule has 3 heterocycles. The third-order valence-corrected chi connectivity index (χ3v) is 12.8. The average Bonchev–Trinajstić information content (AvgIpc) is 3.86. The molecule has 3 aromatic heterocycles. The van der Waals surface area contributed by atoms with Crippen LogP contribution in [0.4, 0.5) is 54.5 Å². The zero-order chi connectivity index (χ0) is 50.3. The summed E-state index contributed by atoms with van der Waals surface area (Å²) in [4.78, 5) is 32.1. The van der Waals surface area contributed by atoms with E-state index in [1.165, 1.54) is 36.0 Å². The van der Waals surface area contributed by atoms with Crippen molar-refractivity contribution in [1.82, 2.24) is 29.9 Å². The maximum Gasteiger partial charge on any atom is 0.458 e. The fraction of sp³-hybridized carbons (Fsp3) is 0.419. The van der Waals surface area contributed by atoms with Gasteiger partial charge < -0.3 is 19.7 Å². The number of aliphatic hydroxyl groups excluding tert-OH is 1. The molecule has 0 aliphatic heterocycles. The van der Waals surface area contributed by atoms with E-state index >= 15 is 8.78 Å². The van der Waals surface area contributed by atoms with Crippen LogP contribution in [0.1, 0.15) is 79.5 Å². The molecule has 0 fully saturated rings. The van der Waals surface area contributed by atoms with Crippen LogP contribution in [0.5, 0.6) is 0 Å². The van der Waals surface area contributed by atoms with Crippen LogP contribution in [0.25, 0.3) is 22.0 Å². The molecule has 2 N–H and O–H groups in total. The molecule has 0 saturated heterocycles. The van der Waals surface area contributed by atoms with Crippen LogP contribution in [-0.2, 0) is 52.5 Å². The molecular formula is C43H40ClF10N7O5S2. The number of hydrogen-bond acceptors (Lipinski definition) is 9. The first-order valence-electron chi connectivity index (χ1n) is 20.2. The van der Waals surface area contributed by atoms with Gasteiger partial charge in [0.05, 0.1) is 50.4 Å². The van der Waals surface area contributed by atoms with Crippen molar-refractivity contribution in [2.75, 3.05) is 30.0 Å². The van der Waals surface area contributed by atoms with Gasteiger partial charge in [-0.05, 0) is 74.3 Å². The number of halogens is 11. The number of nitrogens with zero attached hydrogens (tertiary/aromatic N) is 6. The third kappa shape index (κ3) is 11.6. The molecule has 0 spiro atoms. The number of hydrogen-bond donors (Lipinski definition) is 2. The second-order valence-electron chi connectivity index (χ2n) is 16.1. The lowest BCUT2D eigenvalue weighted by Crippen LogP contribution is -2.37. The lowest BCUT2D eigenvalue weighted by Gasteiger charge is -2.23. The minimum Gasteiger partial charge on any atom is -0.593 e. The maximum atomic E-state index is 15.4. The number of nitrogens with one attached hydrogen (secondary N) is 1. The summed E-state index contributed by atoms with van der Waals surface area (Å²) >= 11 is 5.64. The van der Waals surface area contributed by atoms with E-state index in [1.807, 2.05) is 0 Å². The first-order chi connectivity index (χ1) is 31.6. The summed E-state index contributed by atoms with van der Waals surface area (Å²) in [5.74, 6) is -3.31. The number of carbonyl (C=O) groups excluding carboxylic acids is 2. The van der Waals surface area contributed by atoms with Gasteiger partial charge in [-0.25, -0.2) is 18.6 Å². The summed E-state index contributed by atoms with van der Waals surface area (Å²) in [6, 6.07) is 5.79. The van der Waals surface area contributed by atoms with Crippen molar-refractivity contribution in [3.63, 3.8) is 0 Å². The standard InChI is InChI=1S/C43H40ClF10N7O5S2/c1-22-19-41(47,48)37-32(22)36(43(52,53)54)57-59(37)20-31(63)56-30(17-23-15-24(45)18-25(46)16-23)34-27(8-7-26(55-34)11-12-40(2,3)67-4)28-9-10-29(44)33-35(28)60(21-42(49,50)51)58-38(33)61(68(5)65)39(64)66-14-6-13-62/h7-10,15-16,18,22,30,62H,6,13-14,17,19-21H2,1-5H3,(H,56,63)/t22-,30?,68?/m0/s1. The predicted molar refractivity (Wildman–Crippen MR) is 233 cm³/mol. The fourth-order valence-corrected chi connectivity index (χ4v) is 8.62. The zero-order valence-electron chi connectivity index (χ0n) is 36.4. The zero-order valence-corrected chi connectivity index (χ0v) is 38.8. The Kier molecular flexibility index (Phi) is 15.4. The normalized spacial score (nSPS) is 15.7. The molecule has 68 heavy (non-hydrogen) atoms. The van der Waals surface area contributed by atoms with Gasteiger partial charge in [-0.2, -0.15) is 40.2 Å². The van der Waals surface area contributed by atoms with Gasteiger partial charge in [-0.15, -0.1) is 16.9 Å². The second kappa shape index (κ2) is 20.0. The Labute approximate surface area is 394 Å². The highest BCUT2D eigenvalue weighted by atomic mass is 35.5. The molecule has 25 heteroatoms. The summed E-state index contributed by atoms with van der Waals surface area (Å²) in [5.41, 5.74) is -4.76. The maximum absolute atomic E-state index is 15.4. The van der Waals surface area contributed by atoms with Gasteiger partial charge in [-0.3, -0.25) is 14.2 Å². The minimum atomic E-state index is -5.19. The smallest absolute Gasteiger partial charge is 0.458 e. The van der Waals surface area contributed by atoms with Crippen molar-refractivity contribution in [2.24, 2.45) is 0 Å². The van der Waals surface area contributed by atoms with E-state index in [0.29, 0.717) is 15.1 Å². The van der Waals surface area contributed by atoms with Crippen LogP contribution >= 0.6 is 23.4 Å². The molecular weight excluding hydrogens is 984 g/mol. The number of aromatic nitrogens is 5. The van der Waals surface area contributed by atoms with Crippen molar-refractivity contribution < 1.29 is 67.9 Å². The lowest BCUT2D eigenvalue weighted by atomic mass is 9.93. The molecule has 6 rings (SSSR count). The number of aliphatic hydroxyl groups is 1. The van der Waals surface area contributed by atoms with Gasteiger partial charge in [-0.1, -0.05) is 34.8 Å². The summed E-state index contributed by atoms with van der Waals surface area (Å²) in [6.45, 7) is 0.832. The van der Waals surface area contributed by atoms with Crippen molar-refractivity contribution in [3.8, 4) is 23.0 Å². The molecule has 366 valence electrons. The number of pyridine rings is 1. The minimum absolute atomic E-state index is 0.0169. The Bertz CT molecular complexity index is 2770. The number of ether oxygens (including phenoxy) is 1. The average molecular weight is 1020 g/mol. The molecule has 2 amide bonds. The van der Waals surface area contributed by atoms with Gasteiger partial charge in [0.1, 0.15) is 42.4 Å². The first kappa shape index (κ1) is 52.2. The number of anilines is 1. The number of benzene rings is 2. The monoisotopic (exact) mass is 1020 g/mol. The summed E-state index contributed by atoms with van der Waals surface area (Å²) in [7, 11) is 0. The third-order valence-electron chi connectivity index (χ3n) is 10.5. The molecule has 1 aliphatic carbocycles. The quantitative estimate of drug-likeness (QED) is 0.0480. The summed E-state index contributed by atoms with van der Waals surface area (Å²) in [6.07, 6.45) is -10.4. The Morgan fingerprint density at radius 1 is 1.07 bits per heavy atom. The second-order valence-corrected chi connectivity index (χ2v) is 19.1. The Morgan fingerprint density at radius 3 is 2.34 bits per heavy atom. The number of carbonyl (C=O) groups is 2. The van der Waals surface area contributed by atoms with E-state index in [1.54, 1.807) is 20.1 Å². The molecule has 12 nitrogen and oxygen atoms in total. The molecule has 5 aromatic rings. The number of thioether (sulfide) groups is 1. The topological polar surface area (TPSA) is 150 Å². The van der Waals surface area contributed by atoms with E-state index in [4.69, 9.17) is 16.3 Å². The molecule has 2 unspecified atom stereocenters. The van der Waals surface area contributed by atoms with E-state index in [-0.39, 0.29) is 49.6 Å². The van der Waals surface area contributed by atoms with Gasteiger partial charge in [0.15, 0.2) is 5.69 Å². The van der Waals surface area contributed by atoms with Crippen LogP contribution in [0, 0.1) is 23.5 Å². The molecule has 0 radical (unpaired) electrons. The van der Waals surface area contributed by atoms with Crippen molar-refractivity contribution in [3.05, 3.63) is 93.0 Å². The van der Waals surface area contributed by atoms with Crippen LogP contribution in [-0.4, -0.2) is 82.9 Å². The number of alkyl halides is 8. The lowest BCUT2D eigenvalue weighted by molar-refractivity contribution is -0.143. The predicted octanol–water partition coefficient (Wildman–Crippen LogP) is 9.62. The Balaban J connectivity index is 1.61. The van der Waals surface area contributed by atoms with Crippen molar-refractivity contribution in [2.45, 2.75) is 88.1 Å². The highest BCUT2D eigenvalue weighted by Crippen LogP contribution is 2.52. The molecule has 3 atom stereocenters. The Morgan fingerprint density at radius 2 is 1.74 bits per heavy atom. The van der Waals surface area contributed by atoms with E-state index < -0.39 is 137 Å². The summed E-state index contributed by atoms with van der Waals surface area (Å²) < 4.78 is 165. The largest absolute Gasteiger partial charge is 0.593 e. The van der Waals surface area contributed by atoms with Crippen molar-refractivity contribution in [1.29, 1.82) is 0 Å². The molecule has 0 bridgehead atoms. The Hall–Kier alpha value is -5.22. The summed E-state index contributed by atoms with van der Waals surface area (Å²) in [5, 5.41) is 18.5. The van der Waals surface area contributed by atoms with Gasteiger partial charge in [0.2, 0.25) is 11.7 Å². The SMILES string of the molecule is CSC(C)(C)C#Cc1ccc(-c2ccc(Cl)c3c(N(C(=O)OCCCO)[S+](C)[O-])nn(CC(F)(F)F)c23)c(C(Cc2cc(F)cc(F)c2)NC(=O)Cn2nc(C(F)(F)F)c3c2C(F)(F)C[C@@H]3C)n1. The van der Waals surface area contributed by atoms with Crippen LogP contribution < -0.4 is 9.62 Å². The fourth-order valence-electron chi connectivity index (χ4n) is 7.60. The number of rotatable bonds is 14. The number of fused-ring (bicyclic) bond motifs is 2. The number of amides is 2. The van der Waals surface area contributed by atoms with E-state index in [9.17, 15) is 54.4 Å².